The quantitative estimate of drug-likeness (QED) is 0.684. The number of carbonyl (C=O) groups excluding carboxylic acids is 2. The van der Waals surface area contributed by atoms with Gasteiger partial charge >= 0.3 is 0 Å². The summed E-state index contributed by atoms with van der Waals surface area (Å²) >= 11 is 7.14. The first kappa shape index (κ1) is 21.7. The molecule has 3 rings (SSSR count). The van der Waals surface area contributed by atoms with Crippen molar-refractivity contribution >= 4 is 34.9 Å². The molecule has 1 aliphatic rings. The van der Waals surface area contributed by atoms with Crippen LogP contribution in [-0.2, 0) is 9.53 Å². The second-order valence-corrected chi connectivity index (χ2v) is 8.13. The molecule has 1 aromatic carbocycles. The Kier molecular flexibility index (Phi) is 7.97. The third-order valence-corrected chi connectivity index (χ3v) is 5.83. The van der Waals surface area contributed by atoms with E-state index in [1.54, 1.807) is 36.8 Å². The predicted octanol–water partition coefficient (Wildman–Crippen LogP) is 3.47. The van der Waals surface area contributed by atoms with Crippen LogP contribution in [0.2, 0.25) is 5.02 Å². The number of hydrogen-bond acceptors (Lipinski definition) is 6. The maximum absolute atomic E-state index is 13.4. The zero-order chi connectivity index (χ0) is 20.6. The Hall–Kier alpha value is -2.03. The van der Waals surface area contributed by atoms with Crippen LogP contribution in [0, 0.1) is 0 Å². The van der Waals surface area contributed by atoms with Crippen molar-refractivity contribution in [2.24, 2.45) is 0 Å². The highest BCUT2D eigenvalue weighted by atomic mass is 35.5. The third kappa shape index (κ3) is 5.74. The number of nitrogens with one attached hydrogen (secondary N) is 1. The van der Waals surface area contributed by atoms with Gasteiger partial charge in [0.15, 0.2) is 5.69 Å². The summed E-state index contributed by atoms with van der Waals surface area (Å²) in [5, 5.41) is 9.19. The lowest BCUT2D eigenvalue weighted by Crippen LogP contribution is -2.48. The number of halogens is 1. The molecule has 0 bridgehead atoms. The highest BCUT2D eigenvalue weighted by molar-refractivity contribution is 7.03. The maximum atomic E-state index is 13.4. The number of aromatic nitrogens is 2. The number of benzene rings is 1. The van der Waals surface area contributed by atoms with Gasteiger partial charge in [0.25, 0.3) is 5.91 Å². The van der Waals surface area contributed by atoms with E-state index in [4.69, 9.17) is 16.3 Å². The molecule has 29 heavy (non-hydrogen) atoms. The second-order valence-electron chi connectivity index (χ2n) is 7.08. The van der Waals surface area contributed by atoms with E-state index in [1.165, 1.54) is 11.3 Å². The molecular weight excluding hydrogens is 412 g/mol. The highest BCUT2D eigenvalue weighted by Crippen LogP contribution is 2.26. The van der Waals surface area contributed by atoms with Crippen LogP contribution in [0.4, 0.5) is 0 Å². The van der Waals surface area contributed by atoms with Gasteiger partial charge in [-0.15, -0.1) is 5.10 Å². The van der Waals surface area contributed by atoms with Crippen LogP contribution < -0.4 is 5.32 Å². The van der Waals surface area contributed by atoms with E-state index in [9.17, 15) is 9.59 Å². The SMILES string of the molecule is COCCN(C(=O)c1csnn1)[C@@H](C(=O)NC1CCCCC1)c1ccc(Cl)cc1. The summed E-state index contributed by atoms with van der Waals surface area (Å²) in [5.74, 6) is -0.554. The fraction of sp³-hybridized carbons (Fsp3) is 0.500. The third-order valence-electron chi connectivity index (χ3n) is 5.07. The standard InChI is InChI=1S/C20H25ClN4O3S/c1-28-12-11-25(20(27)17-13-29-24-23-17)18(14-7-9-15(21)10-8-14)19(26)22-16-5-3-2-4-6-16/h7-10,13,16,18H,2-6,11-12H2,1H3,(H,22,26)/t18-/m1/s1. The van der Waals surface area contributed by atoms with Crippen LogP contribution in [-0.4, -0.2) is 52.6 Å². The average Bonchev–Trinajstić information content (AvgIpc) is 3.27. The zero-order valence-corrected chi connectivity index (χ0v) is 17.9. The minimum atomic E-state index is -0.807. The summed E-state index contributed by atoms with van der Waals surface area (Å²) in [6.07, 6.45) is 5.32. The first-order chi connectivity index (χ1) is 14.1. The van der Waals surface area contributed by atoms with Gasteiger partial charge in [0.1, 0.15) is 6.04 Å². The van der Waals surface area contributed by atoms with Gasteiger partial charge in [-0.3, -0.25) is 9.59 Å². The predicted molar refractivity (Wildman–Crippen MR) is 112 cm³/mol. The van der Waals surface area contributed by atoms with E-state index in [0.717, 1.165) is 37.2 Å². The first-order valence-electron chi connectivity index (χ1n) is 9.73. The van der Waals surface area contributed by atoms with Crippen molar-refractivity contribution in [1.29, 1.82) is 0 Å². The molecule has 0 unspecified atom stereocenters. The van der Waals surface area contributed by atoms with E-state index in [2.05, 4.69) is 14.9 Å². The second kappa shape index (κ2) is 10.7. The van der Waals surface area contributed by atoms with Gasteiger partial charge in [-0.1, -0.05) is 47.5 Å². The van der Waals surface area contributed by atoms with E-state index in [-0.39, 0.29) is 30.1 Å². The van der Waals surface area contributed by atoms with Crippen molar-refractivity contribution in [1.82, 2.24) is 19.8 Å². The van der Waals surface area contributed by atoms with Crippen molar-refractivity contribution in [2.75, 3.05) is 20.3 Å². The number of ether oxygens (including phenoxy) is 1. The Morgan fingerprint density at radius 1 is 1.28 bits per heavy atom. The lowest BCUT2D eigenvalue weighted by atomic mass is 9.94. The normalized spacial score (nSPS) is 15.7. The summed E-state index contributed by atoms with van der Waals surface area (Å²) < 4.78 is 8.98. The molecule has 1 aliphatic carbocycles. The summed E-state index contributed by atoms with van der Waals surface area (Å²) in [7, 11) is 1.56. The number of rotatable bonds is 8. The van der Waals surface area contributed by atoms with E-state index >= 15 is 0 Å². The lowest BCUT2D eigenvalue weighted by molar-refractivity contribution is -0.127. The Balaban J connectivity index is 1.92. The Morgan fingerprint density at radius 3 is 2.62 bits per heavy atom. The van der Waals surface area contributed by atoms with E-state index in [0.29, 0.717) is 17.2 Å². The molecule has 156 valence electrons. The molecule has 0 aliphatic heterocycles. The largest absolute Gasteiger partial charge is 0.383 e. The summed E-state index contributed by atoms with van der Waals surface area (Å²) in [5.41, 5.74) is 0.908. The van der Waals surface area contributed by atoms with Crippen molar-refractivity contribution in [3.05, 3.63) is 45.9 Å². The minimum Gasteiger partial charge on any atom is -0.383 e. The van der Waals surface area contributed by atoms with E-state index in [1.807, 2.05) is 0 Å². The summed E-state index contributed by atoms with van der Waals surface area (Å²) in [6, 6.07) is 6.33. The van der Waals surface area contributed by atoms with Crippen molar-refractivity contribution in [3.8, 4) is 0 Å². The molecule has 0 spiro atoms. The number of methoxy groups -OCH3 is 1. The molecule has 2 amide bonds. The van der Waals surface area contributed by atoms with Crippen molar-refractivity contribution in [2.45, 2.75) is 44.2 Å². The molecule has 1 heterocycles. The van der Waals surface area contributed by atoms with Gasteiger partial charge in [-0.25, -0.2) is 0 Å². The lowest BCUT2D eigenvalue weighted by Gasteiger charge is -2.33. The summed E-state index contributed by atoms with van der Waals surface area (Å²) in [4.78, 5) is 28.0. The Morgan fingerprint density at radius 2 is 2.00 bits per heavy atom. The highest BCUT2D eigenvalue weighted by Gasteiger charge is 2.34. The number of hydrogen-bond donors (Lipinski definition) is 1. The van der Waals surface area contributed by atoms with Gasteiger partial charge in [0, 0.05) is 30.1 Å². The summed E-state index contributed by atoms with van der Waals surface area (Å²) in [6.45, 7) is 0.544. The molecule has 9 heteroatoms. The van der Waals surface area contributed by atoms with Gasteiger partial charge in [-0.05, 0) is 42.1 Å². The molecule has 7 nitrogen and oxygen atoms in total. The van der Waals surface area contributed by atoms with Gasteiger partial charge in [0.2, 0.25) is 5.91 Å². The first-order valence-corrected chi connectivity index (χ1v) is 10.9. The number of nitrogens with zero attached hydrogens (tertiary/aromatic N) is 3. The molecule has 0 saturated heterocycles. The van der Waals surface area contributed by atoms with Gasteiger partial charge in [0.05, 0.1) is 6.61 Å². The van der Waals surface area contributed by atoms with Crippen molar-refractivity contribution < 1.29 is 14.3 Å². The van der Waals surface area contributed by atoms with Crippen LogP contribution in [0.3, 0.4) is 0 Å². The Labute approximate surface area is 179 Å². The minimum absolute atomic E-state index is 0.131. The fourth-order valence-electron chi connectivity index (χ4n) is 3.59. The van der Waals surface area contributed by atoms with Crippen LogP contribution in [0.1, 0.15) is 54.2 Å². The fourth-order valence-corrected chi connectivity index (χ4v) is 4.14. The van der Waals surface area contributed by atoms with Crippen LogP contribution >= 0.6 is 23.1 Å². The van der Waals surface area contributed by atoms with Gasteiger partial charge < -0.3 is 15.0 Å². The monoisotopic (exact) mass is 436 g/mol. The number of carbonyl (C=O) groups is 2. The molecule has 1 N–H and O–H groups in total. The molecule has 1 saturated carbocycles. The smallest absolute Gasteiger partial charge is 0.276 e. The average molecular weight is 437 g/mol. The van der Waals surface area contributed by atoms with Crippen LogP contribution in [0.25, 0.3) is 0 Å². The molecule has 2 aromatic rings. The molecule has 1 fully saturated rings. The molecular formula is C20H25ClN4O3S. The van der Waals surface area contributed by atoms with Crippen molar-refractivity contribution in [3.63, 3.8) is 0 Å². The van der Waals surface area contributed by atoms with Crippen LogP contribution in [0.15, 0.2) is 29.6 Å². The van der Waals surface area contributed by atoms with E-state index < -0.39 is 6.04 Å². The molecule has 1 aromatic heterocycles. The Bertz CT molecular complexity index is 795. The number of amides is 2. The topological polar surface area (TPSA) is 84.4 Å². The van der Waals surface area contributed by atoms with Gasteiger partial charge in [-0.2, -0.15) is 0 Å². The molecule has 0 radical (unpaired) electrons. The maximum Gasteiger partial charge on any atom is 0.276 e. The zero-order valence-electron chi connectivity index (χ0n) is 16.3. The molecule has 1 atom stereocenters. The van der Waals surface area contributed by atoms with Crippen LogP contribution in [0.5, 0.6) is 0 Å².